The zero-order valence-corrected chi connectivity index (χ0v) is 38.3. The van der Waals surface area contributed by atoms with Gasteiger partial charge in [-0.3, -0.25) is 19.2 Å². The van der Waals surface area contributed by atoms with E-state index in [2.05, 4.69) is 0 Å². The molecule has 18 nitrogen and oxygen atoms in total. The van der Waals surface area contributed by atoms with Crippen LogP contribution < -0.4 is 5.43 Å². The number of aliphatic hydroxyl groups is 3. The minimum atomic E-state index is -1.64. The number of benzene rings is 2. The lowest BCUT2D eigenvalue weighted by Crippen LogP contribution is -2.62. The summed E-state index contributed by atoms with van der Waals surface area (Å²) in [5, 5.41) is 44.8. The van der Waals surface area contributed by atoms with E-state index >= 15 is 4.79 Å². The first kappa shape index (κ1) is 47.3. The molecule has 1 aromatic heterocycles. The zero-order chi connectivity index (χ0) is 47.3. The maximum atomic E-state index is 15.1. The van der Waals surface area contributed by atoms with Crippen molar-refractivity contribution in [3.63, 3.8) is 0 Å². The van der Waals surface area contributed by atoms with Gasteiger partial charge in [-0.1, -0.05) is 6.07 Å². The highest BCUT2D eigenvalue weighted by molar-refractivity contribution is 6.32. The average molecular weight is 910 g/mol. The van der Waals surface area contributed by atoms with Crippen LogP contribution in [-0.2, 0) is 48.3 Å². The monoisotopic (exact) mass is 909 g/mol. The number of ether oxygens (including phenoxy) is 8. The lowest BCUT2D eigenvalue weighted by atomic mass is 9.76. The number of phenolic OH excluding ortho intramolecular Hbond substituents is 1. The average Bonchev–Trinajstić information content (AvgIpc) is 3.89. The third kappa shape index (κ3) is 7.54. The fourth-order valence-electron chi connectivity index (χ4n) is 10.3. The van der Waals surface area contributed by atoms with Crippen molar-refractivity contribution in [1.82, 2.24) is 4.90 Å². The lowest BCUT2D eigenvalue weighted by Gasteiger charge is -2.52. The van der Waals surface area contributed by atoms with Gasteiger partial charge in [-0.25, -0.2) is 0 Å². The van der Waals surface area contributed by atoms with E-state index < -0.39 is 119 Å². The van der Waals surface area contributed by atoms with E-state index in [9.17, 15) is 34.8 Å². The molecule has 5 aliphatic rings. The second kappa shape index (κ2) is 17.2. The van der Waals surface area contributed by atoms with Gasteiger partial charge in [0, 0.05) is 48.9 Å². The molecule has 0 saturated carbocycles. The third-order valence-corrected chi connectivity index (χ3v) is 14.7. The molecule has 4 aliphatic heterocycles. The van der Waals surface area contributed by atoms with Gasteiger partial charge in [0.15, 0.2) is 17.5 Å². The van der Waals surface area contributed by atoms with E-state index in [1.807, 2.05) is 32.8 Å². The Labute approximate surface area is 375 Å². The van der Waals surface area contributed by atoms with Gasteiger partial charge in [-0.15, -0.1) is 0 Å². The Morgan fingerprint density at radius 1 is 0.846 bits per heavy atom. The number of carbonyl (C=O) groups excluding carboxylic acids is 3. The first-order valence-electron chi connectivity index (χ1n) is 21.9. The number of aromatic hydroxyl groups is 1. The summed E-state index contributed by atoms with van der Waals surface area (Å²) in [6, 6.07) is 5.39. The Morgan fingerprint density at radius 2 is 1.52 bits per heavy atom. The number of hydrogen-bond donors (Lipinski definition) is 4. The summed E-state index contributed by atoms with van der Waals surface area (Å²) in [6.45, 7) is 10.6. The highest BCUT2D eigenvalue weighted by Crippen LogP contribution is 2.50. The molecule has 354 valence electrons. The number of phenols is 1. The Hall–Kier alpha value is -4.18. The number of nitrogens with zero attached hydrogens (tertiary/aromatic N) is 1. The highest BCUT2D eigenvalue weighted by Gasteiger charge is 2.55. The van der Waals surface area contributed by atoms with Crippen LogP contribution >= 0.6 is 0 Å². The number of esters is 1. The minimum Gasteiger partial charge on any atom is -0.507 e. The molecule has 0 unspecified atom stereocenters. The molecule has 5 heterocycles. The van der Waals surface area contributed by atoms with E-state index in [0.29, 0.717) is 0 Å². The quantitative estimate of drug-likeness (QED) is 0.132. The molecule has 4 N–H and O–H groups in total. The molecule has 0 bridgehead atoms. The molecule has 4 saturated heterocycles. The van der Waals surface area contributed by atoms with Crippen molar-refractivity contribution in [1.29, 1.82) is 0 Å². The minimum absolute atomic E-state index is 0.0528. The predicted molar refractivity (Wildman–Crippen MR) is 228 cm³/mol. The Kier molecular flexibility index (Phi) is 12.5. The number of ketones is 2. The molecule has 18 heteroatoms. The van der Waals surface area contributed by atoms with E-state index in [1.165, 1.54) is 45.4 Å². The van der Waals surface area contributed by atoms with Gasteiger partial charge in [0.25, 0.3) is 0 Å². The molecule has 65 heavy (non-hydrogen) atoms. The molecule has 2 aromatic carbocycles. The predicted octanol–water partition coefficient (Wildman–Crippen LogP) is 2.75. The van der Waals surface area contributed by atoms with Gasteiger partial charge >= 0.3 is 5.97 Å². The van der Waals surface area contributed by atoms with Crippen LogP contribution in [0, 0.1) is 0 Å². The van der Waals surface area contributed by atoms with Gasteiger partial charge in [-0.2, -0.15) is 0 Å². The molecule has 8 rings (SSSR count). The molecule has 0 radical (unpaired) electrons. The molecular weight excluding hydrogens is 851 g/mol. The van der Waals surface area contributed by atoms with Crippen molar-refractivity contribution < 1.29 is 77.1 Å². The summed E-state index contributed by atoms with van der Waals surface area (Å²) in [5.41, 5.74) is -3.85. The number of carbonyl (C=O) groups is 3. The summed E-state index contributed by atoms with van der Waals surface area (Å²) in [5.74, 6) is -4.58. The van der Waals surface area contributed by atoms with Crippen LogP contribution in [0.15, 0.2) is 33.5 Å². The molecule has 1 aliphatic carbocycles. The maximum absolute atomic E-state index is 15.1. The van der Waals surface area contributed by atoms with Crippen LogP contribution in [0.2, 0.25) is 0 Å². The number of likely N-dealkylation sites (N-methyl/N-ethyl adjacent to an activating group) is 1. The summed E-state index contributed by atoms with van der Waals surface area (Å²) in [4.78, 5) is 60.3. The van der Waals surface area contributed by atoms with Crippen LogP contribution in [0.3, 0.4) is 0 Å². The highest BCUT2D eigenvalue weighted by atomic mass is 16.7. The van der Waals surface area contributed by atoms with Crippen molar-refractivity contribution in [2.75, 3.05) is 35.4 Å². The Bertz CT molecular complexity index is 2450. The molecular formula is C47H59NO17. The van der Waals surface area contributed by atoms with Crippen molar-refractivity contribution >= 4 is 28.5 Å². The largest absolute Gasteiger partial charge is 0.507 e. The van der Waals surface area contributed by atoms with Gasteiger partial charge in [0.2, 0.25) is 5.78 Å². The van der Waals surface area contributed by atoms with Gasteiger partial charge < -0.3 is 67.6 Å². The maximum Gasteiger partial charge on any atom is 0.315 e. The number of fused-ring (bicyclic) bond motifs is 4. The van der Waals surface area contributed by atoms with Crippen molar-refractivity contribution in [3.05, 3.63) is 73.6 Å². The van der Waals surface area contributed by atoms with E-state index in [4.69, 9.17) is 42.3 Å². The smallest absolute Gasteiger partial charge is 0.315 e. The Balaban J connectivity index is 1.23. The molecule has 16 atom stereocenters. The number of aliphatic hydroxyl groups excluding tert-OH is 3. The van der Waals surface area contributed by atoms with E-state index in [1.54, 1.807) is 20.8 Å². The van der Waals surface area contributed by atoms with E-state index in [-0.39, 0.29) is 69.1 Å². The lowest BCUT2D eigenvalue weighted by molar-refractivity contribution is -0.300. The second-order valence-corrected chi connectivity index (χ2v) is 18.6. The second-order valence-electron chi connectivity index (χ2n) is 18.6. The topological polar surface area (TPSA) is 243 Å². The van der Waals surface area contributed by atoms with Crippen LogP contribution in [0.4, 0.5) is 0 Å². The van der Waals surface area contributed by atoms with E-state index in [0.717, 1.165) is 7.11 Å². The zero-order valence-electron chi connectivity index (χ0n) is 38.3. The van der Waals surface area contributed by atoms with Crippen LogP contribution in [0.25, 0.3) is 11.0 Å². The van der Waals surface area contributed by atoms with Crippen molar-refractivity contribution in [2.24, 2.45) is 0 Å². The fourth-order valence-corrected chi connectivity index (χ4v) is 10.3. The SMILES string of the molecule is COC(=O)[C@@H](c1cc2c(c3oc([C@@]4(C)O[C@@H]4C)cc(=O)c13)C(=O)c1c(ccc([C@H]3C[C@](C)(N(C)C)[C@@H](O[C@@H]4C[C@H](OC)[C@H](O)[C@H](C)O4)[C@@H](C)O3)c1O)C2=O)[C@H]1O[C@H](C)[C@H](O)[C@@H](OC)[C@@H]1O. The van der Waals surface area contributed by atoms with Gasteiger partial charge in [-0.05, 0) is 79.8 Å². The standard InChI is InChI=1S/C47H59NO17/c1-18-35(50)27(57-9)16-30(61-18)64-44-20(3)60-28(17-46(44,5)48(7)8)22-12-13-23-32(38(22)53)39(54)33-25(37(23)52)14-24(31-26(49)15-29(63-41(31)33)47(6)21(4)65-47)34(45(56)59-11)42-40(55)43(58-10)36(51)19(2)62-42/h12-15,18-21,27-28,30,34-36,40,42-44,50-51,53,55H,16-17H2,1-11H3/t18-,19+,20+,21+,27-,28+,30+,34-,35+,36-,40+,42+,43+,44-,46-,47-/m0/s1. The third-order valence-electron chi connectivity index (χ3n) is 14.7. The number of hydrogen-bond acceptors (Lipinski definition) is 18. The van der Waals surface area contributed by atoms with Crippen LogP contribution in [0.1, 0.15) is 115 Å². The Morgan fingerprint density at radius 3 is 2.14 bits per heavy atom. The van der Waals surface area contributed by atoms with Gasteiger partial charge in [0.05, 0.1) is 60.2 Å². The van der Waals surface area contributed by atoms with Crippen LogP contribution in [-0.4, -0.2) is 157 Å². The molecule has 4 fully saturated rings. The van der Waals surface area contributed by atoms with Crippen molar-refractivity contribution in [2.45, 2.75) is 151 Å². The van der Waals surface area contributed by atoms with Crippen molar-refractivity contribution in [3.8, 4) is 5.75 Å². The fraction of sp³-hybridized carbons (Fsp3) is 0.617. The first-order valence-corrected chi connectivity index (χ1v) is 21.9. The normalized spacial score (nSPS) is 37.5. The number of methoxy groups -OCH3 is 3. The summed E-state index contributed by atoms with van der Waals surface area (Å²) < 4.78 is 53.7. The summed E-state index contributed by atoms with van der Waals surface area (Å²) >= 11 is 0. The van der Waals surface area contributed by atoms with Gasteiger partial charge in [0.1, 0.15) is 65.2 Å². The molecule has 0 spiro atoms. The molecule has 0 amide bonds. The first-order chi connectivity index (χ1) is 30.6. The number of rotatable bonds is 10. The number of epoxide rings is 1. The van der Waals surface area contributed by atoms with Crippen LogP contribution in [0.5, 0.6) is 5.75 Å². The summed E-state index contributed by atoms with van der Waals surface area (Å²) in [7, 11) is 7.69. The molecule has 3 aromatic rings. The summed E-state index contributed by atoms with van der Waals surface area (Å²) in [6.07, 6.45) is -11.1.